The Bertz CT molecular complexity index is 547. The van der Waals surface area contributed by atoms with Crippen molar-refractivity contribution in [3.63, 3.8) is 0 Å². The van der Waals surface area contributed by atoms with Crippen LogP contribution in [0, 0.1) is 35.0 Å². The molecule has 0 amide bonds. The van der Waals surface area contributed by atoms with Gasteiger partial charge in [-0.05, 0) is 50.0 Å². The highest BCUT2D eigenvalue weighted by atomic mass is 16.3. The summed E-state index contributed by atoms with van der Waals surface area (Å²) in [6, 6.07) is -0.283. The summed E-state index contributed by atoms with van der Waals surface area (Å²) >= 11 is 0. The maximum atomic E-state index is 12.9. The summed E-state index contributed by atoms with van der Waals surface area (Å²) in [5, 5.41) is 22.1. The minimum Gasteiger partial charge on any atom is -0.392 e. The first-order valence-electron chi connectivity index (χ1n) is 10.0. The second-order valence-electron chi connectivity index (χ2n) is 9.10. The molecule has 25 heavy (non-hydrogen) atoms. The van der Waals surface area contributed by atoms with Crippen molar-refractivity contribution < 1.29 is 15.0 Å². The largest absolute Gasteiger partial charge is 0.392 e. The average molecular weight is 350 g/mol. The molecule has 1 heterocycles. The fraction of sp³-hybridized carbons (Fsp3) is 0.857. The summed E-state index contributed by atoms with van der Waals surface area (Å²) in [7, 11) is 1.79. The number of rotatable bonds is 3. The molecule has 2 N–H and O–H groups in total. The molecule has 0 aromatic rings. The molecule has 4 heteroatoms. The molecule has 0 spiro atoms. The zero-order valence-corrected chi connectivity index (χ0v) is 16.4. The molecule has 3 aliphatic rings. The van der Waals surface area contributed by atoms with Crippen LogP contribution >= 0.6 is 0 Å². The van der Waals surface area contributed by atoms with Gasteiger partial charge >= 0.3 is 0 Å². The van der Waals surface area contributed by atoms with E-state index < -0.39 is 18.2 Å². The van der Waals surface area contributed by atoms with Crippen molar-refractivity contribution in [1.82, 2.24) is 4.90 Å². The smallest absolute Gasteiger partial charge is 0.159 e. The summed E-state index contributed by atoms with van der Waals surface area (Å²) < 4.78 is 0. The monoisotopic (exact) mass is 349 g/mol. The molecule has 4 nitrogen and oxygen atoms in total. The van der Waals surface area contributed by atoms with E-state index in [9.17, 15) is 15.0 Å². The van der Waals surface area contributed by atoms with Gasteiger partial charge in [0.05, 0.1) is 18.1 Å². The number of Topliss-reactive ketones (excluding diaryl/α,β-unsaturated/α-hetero) is 1. The normalized spacial score (nSPS) is 49.2. The molecule has 0 aromatic carbocycles. The van der Waals surface area contributed by atoms with E-state index in [1.807, 2.05) is 6.92 Å². The third-order valence-electron chi connectivity index (χ3n) is 7.84. The van der Waals surface area contributed by atoms with E-state index in [1.165, 1.54) is 6.42 Å². The van der Waals surface area contributed by atoms with Crippen LogP contribution in [-0.4, -0.2) is 46.3 Å². The highest BCUT2D eigenvalue weighted by Crippen LogP contribution is 2.55. The number of ketones is 1. The Morgan fingerprint density at radius 1 is 1.32 bits per heavy atom. The van der Waals surface area contributed by atoms with Crippen LogP contribution < -0.4 is 0 Å². The number of aliphatic hydroxyl groups is 2. The summed E-state index contributed by atoms with van der Waals surface area (Å²) in [6.45, 7) is 8.58. The second kappa shape index (κ2) is 6.79. The Morgan fingerprint density at radius 3 is 2.60 bits per heavy atom. The van der Waals surface area contributed by atoms with Crippen molar-refractivity contribution in [2.24, 2.45) is 35.0 Å². The number of hydrogen-bond acceptors (Lipinski definition) is 4. The van der Waals surface area contributed by atoms with E-state index in [0.29, 0.717) is 18.3 Å². The Kier molecular flexibility index (Phi) is 5.18. The van der Waals surface area contributed by atoms with Crippen molar-refractivity contribution in [2.45, 2.75) is 71.8 Å². The lowest BCUT2D eigenvalue weighted by Crippen LogP contribution is -2.55. The zero-order valence-electron chi connectivity index (χ0n) is 16.4. The Morgan fingerprint density at radius 2 is 2.00 bits per heavy atom. The predicted octanol–water partition coefficient (Wildman–Crippen LogP) is 2.84. The molecular formula is C21H35NO3. The van der Waals surface area contributed by atoms with Gasteiger partial charge in [0, 0.05) is 5.41 Å². The minimum absolute atomic E-state index is 0.00806. The van der Waals surface area contributed by atoms with Crippen molar-refractivity contribution in [2.75, 3.05) is 7.05 Å². The van der Waals surface area contributed by atoms with E-state index in [-0.39, 0.29) is 23.2 Å². The lowest BCUT2D eigenvalue weighted by Gasteiger charge is -2.54. The van der Waals surface area contributed by atoms with Crippen LogP contribution in [0.5, 0.6) is 0 Å². The summed E-state index contributed by atoms with van der Waals surface area (Å²) in [4.78, 5) is 14.7. The predicted molar refractivity (Wildman–Crippen MR) is 98.8 cm³/mol. The van der Waals surface area contributed by atoms with Gasteiger partial charge in [0.25, 0.3) is 0 Å². The third-order valence-corrected chi connectivity index (χ3v) is 7.84. The molecule has 0 aromatic heterocycles. The second-order valence-corrected chi connectivity index (χ2v) is 9.10. The molecule has 2 unspecified atom stereocenters. The standard InChI is InChI=1S/C21H35NO3/c1-6-16-18(23)17(20(25)22(16)5)19(24)21(4)13(3)8-9-14-11-12(2)7-10-15(14)21/h8-9,12-17,19-20,24-25H,6-7,10-11H2,1-5H3/t12-,13-,14+,15+,16+,17?,19-,20?,21+/m0/s1. The van der Waals surface area contributed by atoms with Crippen molar-refractivity contribution in [3.8, 4) is 0 Å². The number of hydrogen-bond donors (Lipinski definition) is 2. The summed E-state index contributed by atoms with van der Waals surface area (Å²) in [5.74, 6) is 1.08. The van der Waals surface area contributed by atoms with Gasteiger partial charge in [-0.1, -0.05) is 46.3 Å². The Balaban J connectivity index is 1.93. The van der Waals surface area contributed by atoms with Crippen LogP contribution in [0.4, 0.5) is 0 Å². The van der Waals surface area contributed by atoms with Crippen molar-refractivity contribution >= 4 is 5.78 Å². The summed E-state index contributed by atoms with van der Waals surface area (Å²) in [6.07, 6.45) is 6.99. The van der Waals surface area contributed by atoms with Gasteiger partial charge in [-0.15, -0.1) is 0 Å². The molecule has 2 fully saturated rings. The van der Waals surface area contributed by atoms with Crippen LogP contribution in [-0.2, 0) is 4.79 Å². The highest BCUT2D eigenvalue weighted by molar-refractivity contribution is 5.89. The van der Waals surface area contributed by atoms with E-state index in [4.69, 9.17) is 0 Å². The number of aliphatic hydroxyl groups excluding tert-OH is 2. The molecule has 2 aliphatic carbocycles. The SMILES string of the molecule is CC[C@@H]1C(=O)C([C@H](O)[C@@]2(C)[C@@H]3CC[C@H](C)C[C@H]3C=C[C@@H]2C)C(O)N1C. The Hall–Kier alpha value is -0.710. The van der Waals surface area contributed by atoms with Crippen molar-refractivity contribution in [1.29, 1.82) is 0 Å². The molecule has 0 bridgehead atoms. The molecule has 1 saturated carbocycles. The van der Waals surface area contributed by atoms with Gasteiger partial charge in [0.2, 0.25) is 0 Å². The molecule has 142 valence electrons. The van der Waals surface area contributed by atoms with E-state index in [1.54, 1.807) is 11.9 Å². The third kappa shape index (κ3) is 2.81. The lowest BCUT2D eigenvalue weighted by atomic mass is 9.52. The van der Waals surface area contributed by atoms with E-state index in [0.717, 1.165) is 18.8 Å². The van der Waals surface area contributed by atoms with Gasteiger partial charge < -0.3 is 10.2 Å². The first-order chi connectivity index (χ1) is 11.7. The molecule has 9 atom stereocenters. The van der Waals surface area contributed by atoms with Crippen LogP contribution in [0.25, 0.3) is 0 Å². The quantitative estimate of drug-likeness (QED) is 0.769. The number of nitrogens with zero attached hydrogens (tertiary/aromatic N) is 1. The zero-order chi connectivity index (χ0) is 18.5. The minimum atomic E-state index is -0.886. The summed E-state index contributed by atoms with van der Waals surface area (Å²) in [5.41, 5.74) is -0.371. The topological polar surface area (TPSA) is 60.8 Å². The molecule has 1 saturated heterocycles. The fourth-order valence-corrected chi connectivity index (χ4v) is 5.96. The van der Waals surface area contributed by atoms with E-state index >= 15 is 0 Å². The molecule has 1 aliphatic heterocycles. The number of carbonyl (C=O) groups excluding carboxylic acids is 1. The lowest BCUT2D eigenvalue weighted by molar-refractivity contribution is -0.145. The van der Waals surface area contributed by atoms with Crippen LogP contribution in [0.15, 0.2) is 12.2 Å². The van der Waals surface area contributed by atoms with Gasteiger partial charge in [0.1, 0.15) is 6.23 Å². The Labute approximate surface area is 152 Å². The number of fused-ring (bicyclic) bond motifs is 1. The highest BCUT2D eigenvalue weighted by Gasteiger charge is 2.58. The van der Waals surface area contributed by atoms with Crippen LogP contribution in [0.1, 0.15) is 53.4 Å². The number of allylic oxidation sites excluding steroid dienone is 2. The number of likely N-dealkylation sites (N-methyl/N-ethyl adjacent to an activating group) is 1. The average Bonchev–Trinajstić information content (AvgIpc) is 2.79. The molecular weight excluding hydrogens is 314 g/mol. The number of carbonyl (C=O) groups is 1. The van der Waals surface area contributed by atoms with E-state index in [2.05, 4.69) is 32.9 Å². The van der Waals surface area contributed by atoms with Crippen LogP contribution in [0.2, 0.25) is 0 Å². The van der Waals surface area contributed by atoms with Gasteiger partial charge in [-0.25, -0.2) is 0 Å². The van der Waals surface area contributed by atoms with Gasteiger partial charge in [-0.3, -0.25) is 9.69 Å². The first kappa shape index (κ1) is 19.1. The van der Waals surface area contributed by atoms with Gasteiger partial charge in [-0.2, -0.15) is 0 Å². The molecule has 3 rings (SSSR count). The number of likely N-dealkylation sites (tertiary alicyclic amines) is 1. The molecule has 0 radical (unpaired) electrons. The maximum Gasteiger partial charge on any atom is 0.159 e. The fourth-order valence-electron chi connectivity index (χ4n) is 5.96. The maximum absolute atomic E-state index is 12.9. The van der Waals surface area contributed by atoms with Crippen molar-refractivity contribution in [3.05, 3.63) is 12.2 Å². The van der Waals surface area contributed by atoms with Gasteiger partial charge in [0.15, 0.2) is 5.78 Å². The van der Waals surface area contributed by atoms with Crippen LogP contribution in [0.3, 0.4) is 0 Å². The first-order valence-corrected chi connectivity index (χ1v) is 10.0.